The molecule has 0 aliphatic rings. The third-order valence-corrected chi connectivity index (χ3v) is 3.04. The number of aliphatic hydroxyl groups excluding tert-OH is 3. The molecule has 7 unspecified atom stereocenters. The topological polar surface area (TPSA) is 98.0 Å². The average Bonchev–Trinajstić information content (AvgIpc) is 2.48. The van der Waals surface area contributed by atoms with E-state index in [2.05, 4.69) is 0 Å². The Balaban J connectivity index is 4.61. The molecular weight excluding hydrogens is 319 g/mol. The normalized spacial score (nSPS) is 21.5. The first-order valence-electron chi connectivity index (χ1n) is 6.52. The molecule has 0 aliphatic heterocycles. The molecule has 0 fully saturated rings. The van der Waals surface area contributed by atoms with Gasteiger partial charge in [0.05, 0.1) is 0 Å². The van der Waals surface area contributed by atoms with Gasteiger partial charge in [-0.15, -0.1) is 0 Å². The lowest BCUT2D eigenvalue weighted by atomic mass is 9.95. The van der Waals surface area contributed by atoms with Crippen LogP contribution in [-0.4, -0.2) is 76.1 Å². The van der Waals surface area contributed by atoms with Crippen LogP contribution in [-0.2, 0) is 4.79 Å². The predicted octanol–water partition coefficient (Wildman–Crippen LogP) is 0.646. The Kier molecular flexibility index (Phi) is 9.45. The molecule has 7 atom stereocenters. The summed E-state index contributed by atoms with van der Waals surface area (Å²) in [7, 11) is 0. The maximum Gasteiger partial charge on any atom is 0.303 e. The number of carboxylic acids is 1. The van der Waals surface area contributed by atoms with Gasteiger partial charge in [-0.05, 0) is 6.42 Å². The zero-order valence-electron chi connectivity index (χ0n) is 11.5. The van der Waals surface area contributed by atoms with Crippen molar-refractivity contribution in [2.45, 2.75) is 62.3 Å². The highest BCUT2D eigenvalue weighted by Crippen LogP contribution is 2.23. The third-order valence-electron chi connectivity index (χ3n) is 3.04. The molecular formula is C12H19F5O5. The number of aliphatic carboxylic acids is 1. The van der Waals surface area contributed by atoms with Crippen molar-refractivity contribution in [1.29, 1.82) is 0 Å². The Morgan fingerprint density at radius 2 is 1.27 bits per heavy atom. The lowest BCUT2D eigenvalue weighted by molar-refractivity contribution is -0.138. The molecule has 0 heterocycles. The molecule has 0 saturated heterocycles. The molecule has 0 aromatic heterocycles. The first-order valence-corrected chi connectivity index (χ1v) is 6.52. The van der Waals surface area contributed by atoms with Gasteiger partial charge in [0.1, 0.15) is 24.6 Å². The molecule has 0 bridgehead atoms. The SMILES string of the molecule is O=C(O)CCC(F)C(F)C(O)C(O)C(F)C(F)C(F)CCO. The van der Waals surface area contributed by atoms with E-state index >= 15 is 0 Å². The number of hydrogen-bond donors (Lipinski definition) is 4. The van der Waals surface area contributed by atoms with Crippen LogP contribution in [0.3, 0.4) is 0 Å². The zero-order chi connectivity index (χ0) is 17.4. The van der Waals surface area contributed by atoms with Crippen LogP contribution in [0.25, 0.3) is 0 Å². The van der Waals surface area contributed by atoms with Gasteiger partial charge in [0.15, 0.2) is 18.5 Å². The summed E-state index contributed by atoms with van der Waals surface area (Å²) in [6.07, 6.45) is -21.7. The summed E-state index contributed by atoms with van der Waals surface area (Å²) >= 11 is 0. The highest BCUT2D eigenvalue weighted by molar-refractivity contribution is 5.66. The van der Waals surface area contributed by atoms with Crippen molar-refractivity contribution in [3.05, 3.63) is 0 Å². The van der Waals surface area contributed by atoms with Gasteiger partial charge in [-0.3, -0.25) is 4.79 Å². The van der Waals surface area contributed by atoms with Crippen molar-refractivity contribution < 1.29 is 47.2 Å². The number of carboxylic acid groups (broad SMARTS) is 1. The van der Waals surface area contributed by atoms with Crippen molar-refractivity contribution >= 4 is 5.97 Å². The van der Waals surface area contributed by atoms with Crippen LogP contribution in [0.15, 0.2) is 0 Å². The van der Waals surface area contributed by atoms with Crippen molar-refractivity contribution in [3.8, 4) is 0 Å². The van der Waals surface area contributed by atoms with Crippen LogP contribution >= 0.6 is 0 Å². The fraction of sp³-hybridized carbons (Fsp3) is 0.917. The molecule has 0 aromatic rings. The predicted molar refractivity (Wildman–Crippen MR) is 65.1 cm³/mol. The van der Waals surface area contributed by atoms with Gasteiger partial charge in [-0.1, -0.05) is 0 Å². The van der Waals surface area contributed by atoms with E-state index in [-0.39, 0.29) is 0 Å². The van der Waals surface area contributed by atoms with E-state index in [0.29, 0.717) is 0 Å². The van der Waals surface area contributed by atoms with E-state index in [1.165, 1.54) is 0 Å². The number of hydrogen-bond acceptors (Lipinski definition) is 4. The van der Waals surface area contributed by atoms with Gasteiger partial charge in [0.2, 0.25) is 0 Å². The lowest BCUT2D eigenvalue weighted by Crippen LogP contribution is -2.49. The third kappa shape index (κ3) is 6.41. The summed E-state index contributed by atoms with van der Waals surface area (Å²) in [4.78, 5) is 10.2. The Bertz CT molecular complexity index is 335. The van der Waals surface area contributed by atoms with E-state index in [1.54, 1.807) is 0 Å². The number of carbonyl (C=O) groups is 1. The van der Waals surface area contributed by atoms with Crippen LogP contribution in [0.4, 0.5) is 22.0 Å². The molecule has 10 heteroatoms. The van der Waals surface area contributed by atoms with E-state index in [9.17, 15) is 37.0 Å². The standard InChI is InChI=1S/C12H19F5O5/c13-5(1-2-7(19)20)9(16)11(21)12(22)10(17)8(15)6(14)3-4-18/h5-6,8-12,18,21-22H,1-4H2,(H,19,20). The van der Waals surface area contributed by atoms with E-state index in [0.717, 1.165) is 0 Å². The van der Waals surface area contributed by atoms with Gasteiger partial charge < -0.3 is 20.4 Å². The lowest BCUT2D eigenvalue weighted by Gasteiger charge is -2.28. The van der Waals surface area contributed by atoms with Crippen LogP contribution in [0.1, 0.15) is 19.3 Å². The minimum atomic E-state index is -3.04. The molecule has 22 heavy (non-hydrogen) atoms. The molecule has 0 radical (unpaired) electrons. The Labute approximate surface area is 123 Å². The zero-order valence-corrected chi connectivity index (χ0v) is 11.5. The number of aliphatic hydroxyl groups is 3. The van der Waals surface area contributed by atoms with Crippen LogP contribution in [0, 0.1) is 0 Å². The molecule has 0 aliphatic carbocycles. The molecule has 4 N–H and O–H groups in total. The number of rotatable bonds is 11. The molecule has 0 amide bonds. The average molecular weight is 338 g/mol. The molecule has 0 aromatic carbocycles. The summed E-state index contributed by atoms with van der Waals surface area (Å²) in [6, 6.07) is 0. The summed E-state index contributed by atoms with van der Waals surface area (Å²) < 4.78 is 66.5. The second kappa shape index (κ2) is 9.90. The minimum absolute atomic E-state index is 0.766. The van der Waals surface area contributed by atoms with Gasteiger partial charge in [0.25, 0.3) is 0 Å². The first kappa shape index (κ1) is 21.0. The molecule has 5 nitrogen and oxygen atoms in total. The van der Waals surface area contributed by atoms with Gasteiger partial charge in [-0.2, -0.15) is 0 Å². The summed E-state index contributed by atoms with van der Waals surface area (Å²) in [6.45, 7) is -0.791. The molecule has 132 valence electrons. The number of alkyl halides is 5. The van der Waals surface area contributed by atoms with Crippen LogP contribution in [0.5, 0.6) is 0 Å². The quantitative estimate of drug-likeness (QED) is 0.415. The van der Waals surface area contributed by atoms with Crippen molar-refractivity contribution in [1.82, 2.24) is 0 Å². The maximum atomic E-state index is 13.5. The van der Waals surface area contributed by atoms with Gasteiger partial charge >= 0.3 is 5.97 Å². The Morgan fingerprint density at radius 3 is 1.73 bits per heavy atom. The second-order valence-corrected chi connectivity index (χ2v) is 4.79. The van der Waals surface area contributed by atoms with E-state index in [4.69, 9.17) is 10.2 Å². The largest absolute Gasteiger partial charge is 0.481 e. The van der Waals surface area contributed by atoms with Crippen LogP contribution in [0.2, 0.25) is 0 Å². The van der Waals surface area contributed by atoms with Crippen molar-refractivity contribution in [3.63, 3.8) is 0 Å². The minimum Gasteiger partial charge on any atom is -0.481 e. The van der Waals surface area contributed by atoms with Gasteiger partial charge in [-0.25, -0.2) is 22.0 Å². The Morgan fingerprint density at radius 1 is 0.818 bits per heavy atom. The summed E-state index contributed by atoms with van der Waals surface area (Å²) in [5.74, 6) is -1.43. The number of halogens is 5. The second-order valence-electron chi connectivity index (χ2n) is 4.79. The van der Waals surface area contributed by atoms with Crippen LogP contribution < -0.4 is 0 Å². The fourth-order valence-corrected chi connectivity index (χ4v) is 1.68. The Hall–Kier alpha value is -1.00. The molecule has 0 saturated carbocycles. The van der Waals surface area contributed by atoms with Crippen molar-refractivity contribution in [2.24, 2.45) is 0 Å². The monoisotopic (exact) mass is 338 g/mol. The molecule has 0 rings (SSSR count). The van der Waals surface area contributed by atoms with E-state index < -0.39 is 74.9 Å². The molecule has 0 spiro atoms. The first-order chi connectivity index (χ1) is 10.1. The highest BCUT2D eigenvalue weighted by atomic mass is 19.2. The summed E-state index contributed by atoms with van der Waals surface area (Å²) in [5, 5.41) is 35.2. The smallest absolute Gasteiger partial charge is 0.303 e. The highest BCUT2D eigenvalue weighted by Gasteiger charge is 2.42. The fourth-order valence-electron chi connectivity index (χ4n) is 1.68. The van der Waals surface area contributed by atoms with Gasteiger partial charge in [0, 0.05) is 19.4 Å². The maximum absolute atomic E-state index is 13.5. The van der Waals surface area contributed by atoms with E-state index in [1.807, 2.05) is 0 Å². The van der Waals surface area contributed by atoms with Crippen molar-refractivity contribution in [2.75, 3.05) is 6.61 Å². The summed E-state index contributed by atoms with van der Waals surface area (Å²) in [5.41, 5.74) is 0.